The summed E-state index contributed by atoms with van der Waals surface area (Å²) in [5.41, 5.74) is 1.74. The molecule has 0 radical (unpaired) electrons. The Balaban J connectivity index is 1.49. The molecule has 1 aliphatic rings. The number of allylic oxidation sites excluding steroid dienone is 2. The third kappa shape index (κ3) is 6.62. The maximum atomic E-state index is 13.7. The molecule has 0 atom stereocenters. The lowest BCUT2D eigenvalue weighted by Crippen LogP contribution is -2.30. The van der Waals surface area contributed by atoms with Gasteiger partial charge in [0.2, 0.25) is 15.8 Å². The molecule has 3 aromatic carbocycles. The minimum absolute atomic E-state index is 0.0354. The number of esters is 1. The van der Waals surface area contributed by atoms with Crippen molar-refractivity contribution in [3.05, 3.63) is 134 Å². The van der Waals surface area contributed by atoms with Gasteiger partial charge in [-0.15, -0.1) is 0 Å². The normalized spacial score (nSPS) is 14.6. The van der Waals surface area contributed by atoms with Crippen LogP contribution < -0.4 is 4.90 Å². The van der Waals surface area contributed by atoms with E-state index in [-0.39, 0.29) is 35.0 Å². The summed E-state index contributed by atoms with van der Waals surface area (Å²) < 4.78 is 39.6. The first-order valence-electron chi connectivity index (χ1n) is 13.2. The van der Waals surface area contributed by atoms with Gasteiger partial charge < -0.3 is 14.1 Å². The van der Waals surface area contributed by atoms with E-state index in [1.165, 1.54) is 41.8 Å². The number of hydrogen-bond acceptors (Lipinski definition) is 7. The largest absolute Gasteiger partial charge is 0.465 e. The molecule has 1 aromatic heterocycles. The number of ketones is 1. The highest BCUT2D eigenvalue weighted by Crippen LogP contribution is 2.36. The average molecular weight is 672 g/mol. The predicted octanol–water partition coefficient (Wildman–Crippen LogP) is 7.51. The van der Waals surface area contributed by atoms with Crippen LogP contribution in [0.1, 0.15) is 24.0 Å². The summed E-state index contributed by atoms with van der Waals surface area (Å²) in [5, 5.41) is 1.44. The Kier molecular flexibility index (Phi) is 9.34. The van der Waals surface area contributed by atoms with E-state index in [4.69, 9.17) is 44.0 Å². The molecule has 4 aromatic rings. The number of sulfonamides is 1. The van der Waals surface area contributed by atoms with Crippen LogP contribution >= 0.6 is 34.8 Å². The fourth-order valence-electron chi connectivity index (χ4n) is 4.72. The third-order valence-electron chi connectivity index (χ3n) is 6.89. The smallest absolute Gasteiger partial charge is 0.343 e. The van der Waals surface area contributed by atoms with Crippen LogP contribution in [0.15, 0.2) is 111 Å². The van der Waals surface area contributed by atoms with E-state index in [0.717, 1.165) is 0 Å². The van der Waals surface area contributed by atoms with Crippen LogP contribution in [0.3, 0.4) is 0 Å². The Labute approximate surface area is 269 Å². The van der Waals surface area contributed by atoms with Crippen LogP contribution in [0, 0.1) is 0 Å². The Morgan fingerprint density at radius 1 is 0.864 bits per heavy atom. The molecule has 12 heteroatoms. The van der Waals surface area contributed by atoms with Crippen LogP contribution in [-0.2, 0) is 37.4 Å². The van der Waals surface area contributed by atoms with Crippen LogP contribution in [0.25, 0.3) is 6.08 Å². The number of halogens is 3. The molecular formula is C32H25Cl3N2O6S. The van der Waals surface area contributed by atoms with E-state index in [1.54, 1.807) is 72.5 Å². The molecule has 226 valence electrons. The summed E-state index contributed by atoms with van der Waals surface area (Å²) >= 11 is 18.1. The average Bonchev–Trinajstić information content (AvgIpc) is 3.54. The number of ether oxygens (including phenoxy) is 1. The molecule has 0 bridgehead atoms. The molecular weight excluding hydrogens is 647 g/mol. The number of anilines is 1. The van der Waals surface area contributed by atoms with Gasteiger partial charge in [0.15, 0.2) is 0 Å². The molecule has 5 rings (SSSR count). The Morgan fingerprint density at radius 3 is 2.02 bits per heavy atom. The molecule has 0 saturated heterocycles. The number of methoxy groups -OCH3 is 1. The highest BCUT2D eigenvalue weighted by molar-refractivity contribution is 7.89. The number of furan rings is 1. The summed E-state index contributed by atoms with van der Waals surface area (Å²) in [5.74, 6) is -0.710. The molecule has 0 amide bonds. The number of benzene rings is 3. The second-order valence-electron chi connectivity index (χ2n) is 9.78. The van der Waals surface area contributed by atoms with Gasteiger partial charge in [0.1, 0.15) is 17.1 Å². The van der Waals surface area contributed by atoms with Gasteiger partial charge in [-0.05, 0) is 85.3 Å². The van der Waals surface area contributed by atoms with Crippen molar-refractivity contribution in [2.24, 2.45) is 0 Å². The summed E-state index contributed by atoms with van der Waals surface area (Å²) in [6, 6.07) is 22.8. The summed E-state index contributed by atoms with van der Waals surface area (Å²) in [4.78, 5) is 27.6. The van der Waals surface area contributed by atoms with Gasteiger partial charge in [-0.2, -0.15) is 4.31 Å². The zero-order chi connectivity index (χ0) is 31.6. The number of nitrogens with zero attached hydrogens (tertiary/aromatic N) is 2. The zero-order valence-corrected chi connectivity index (χ0v) is 26.5. The van der Waals surface area contributed by atoms with Crippen molar-refractivity contribution < 1.29 is 27.2 Å². The van der Waals surface area contributed by atoms with E-state index in [9.17, 15) is 18.0 Å². The number of rotatable bonds is 9. The number of carbonyl (C=O) groups is 2. The molecule has 8 nitrogen and oxygen atoms in total. The number of Topliss-reactive ketones (excluding diaryl/α,β-unsaturated/α-hetero) is 1. The number of hydrogen-bond donors (Lipinski definition) is 0. The standard InChI is InChI=1S/C32H25Cl3N2O6S/c1-20-30(32(39)42-2)31(38)29(37(20)25-11-7-23(34)8-12-25)17-26-13-14-27(43-26)19-36(18-21-3-5-22(33)6-4-21)44(40,41)28-15-9-24(35)10-16-28/h3-17H,18-19H2,1-2H3/b29-17+. The zero-order valence-electron chi connectivity index (χ0n) is 23.5. The lowest BCUT2D eigenvalue weighted by atomic mass is 10.1. The summed E-state index contributed by atoms with van der Waals surface area (Å²) in [6.45, 7) is 1.56. The fourth-order valence-corrected chi connectivity index (χ4v) is 6.49. The van der Waals surface area contributed by atoms with Gasteiger partial charge in [0.05, 0.1) is 24.2 Å². The number of carbonyl (C=O) groups excluding carboxylic acids is 2. The second-order valence-corrected chi connectivity index (χ2v) is 13.0. The van der Waals surface area contributed by atoms with Gasteiger partial charge in [-0.1, -0.05) is 46.9 Å². The molecule has 0 aliphatic carbocycles. The van der Waals surface area contributed by atoms with E-state index in [1.807, 2.05) is 0 Å². The van der Waals surface area contributed by atoms with Gasteiger partial charge in [-0.3, -0.25) is 4.79 Å². The molecule has 0 N–H and O–H groups in total. The maximum Gasteiger partial charge on any atom is 0.343 e. The molecule has 0 saturated carbocycles. The predicted molar refractivity (Wildman–Crippen MR) is 170 cm³/mol. The quantitative estimate of drug-likeness (QED) is 0.103. The van der Waals surface area contributed by atoms with E-state index in [0.29, 0.717) is 37.8 Å². The first kappa shape index (κ1) is 31.6. The van der Waals surface area contributed by atoms with Crippen molar-refractivity contribution >= 4 is 68.3 Å². The molecule has 44 heavy (non-hydrogen) atoms. The Hall–Kier alpha value is -3.86. The monoisotopic (exact) mass is 670 g/mol. The fraction of sp³-hybridized carbons (Fsp3) is 0.125. The van der Waals surface area contributed by atoms with Crippen LogP contribution in [0.5, 0.6) is 0 Å². The minimum atomic E-state index is -3.99. The SMILES string of the molecule is COC(=O)C1=C(C)N(c2ccc(Cl)cc2)/C(=C/c2ccc(CN(Cc3ccc(Cl)cc3)S(=O)(=O)c3ccc(Cl)cc3)o2)C1=O. The van der Waals surface area contributed by atoms with E-state index in [2.05, 4.69) is 0 Å². The van der Waals surface area contributed by atoms with Gasteiger partial charge in [0.25, 0.3) is 0 Å². The van der Waals surface area contributed by atoms with E-state index >= 15 is 0 Å². The van der Waals surface area contributed by atoms with Crippen molar-refractivity contribution in [3.63, 3.8) is 0 Å². The highest BCUT2D eigenvalue weighted by atomic mass is 35.5. The van der Waals surface area contributed by atoms with Crippen LogP contribution in [0.4, 0.5) is 5.69 Å². The molecule has 2 heterocycles. The third-order valence-corrected chi connectivity index (χ3v) is 9.45. The van der Waals surface area contributed by atoms with Crippen molar-refractivity contribution in [2.45, 2.75) is 24.9 Å². The molecule has 1 aliphatic heterocycles. The van der Waals surface area contributed by atoms with Gasteiger partial charge >= 0.3 is 5.97 Å². The molecule has 0 fully saturated rings. The van der Waals surface area contributed by atoms with Crippen molar-refractivity contribution in [2.75, 3.05) is 12.0 Å². The van der Waals surface area contributed by atoms with E-state index < -0.39 is 21.8 Å². The highest BCUT2D eigenvalue weighted by Gasteiger charge is 2.38. The Morgan fingerprint density at radius 2 is 1.43 bits per heavy atom. The maximum absolute atomic E-state index is 13.7. The van der Waals surface area contributed by atoms with Crippen LogP contribution in [0.2, 0.25) is 15.1 Å². The summed E-state index contributed by atoms with van der Waals surface area (Å²) in [7, 11) is -2.78. The molecule has 0 unspecified atom stereocenters. The van der Waals surface area contributed by atoms with Crippen molar-refractivity contribution in [3.8, 4) is 0 Å². The van der Waals surface area contributed by atoms with Crippen LogP contribution in [-0.4, -0.2) is 31.6 Å². The topological polar surface area (TPSA) is 97.1 Å². The van der Waals surface area contributed by atoms with Crippen molar-refractivity contribution in [1.29, 1.82) is 0 Å². The first-order chi connectivity index (χ1) is 21.0. The summed E-state index contributed by atoms with van der Waals surface area (Å²) in [6.07, 6.45) is 1.50. The lowest BCUT2D eigenvalue weighted by Gasteiger charge is -2.22. The van der Waals surface area contributed by atoms with Crippen molar-refractivity contribution in [1.82, 2.24) is 4.31 Å². The van der Waals surface area contributed by atoms with Gasteiger partial charge in [-0.25, -0.2) is 13.2 Å². The Bertz CT molecular complexity index is 1880. The molecule has 0 spiro atoms. The minimum Gasteiger partial charge on any atom is -0.465 e. The second kappa shape index (κ2) is 13.0. The van der Waals surface area contributed by atoms with Gasteiger partial charge in [0, 0.05) is 39.1 Å². The first-order valence-corrected chi connectivity index (χ1v) is 15.8. The lowest BCUT2D eigenvalue weighted by molar-refractivity contribution is -0.137.